The molecule has 2 fully saturated rings. The molecule has 2 saturated carbocycles. The van der Waals surface area contributed by atoms with E-state index in [1.165, 1.54) is 6.92 Å². The Morgan fingerprint density at radius 3 is 2.77 bits per heavy atom. The molecule has 2 aliphatic carbocycles. The lowest BCUT2D eigenvalue weighted by atomic mass is 9.62. The molecule has 0 saturated heterocycles. The van der Waals surface area contributed by atoms with Gasteiger partial charge in [0.05, 0.1) is 0 Å². The number of Topliss-reactive ketones (excluding diaryl/α,β-unsaturated/α-hetero) is 1. The lowest BCUT2D eigenvalue weighted by molar-refractivity contribution is -0.157. The molecule has 4 heteroatoms. The predicted octanol–water partition coefficient (Wildman–Crippen LogP) is 3.41. The summed E-state index contributed by atoms with van der Waals surface area (Å²) in [6, 6.07) is 0. The minimum absolute atomic E-state index is 0.143. The van der Waals surface area contributed by atoms with Crippen LogP contribution in [-0.2, 0) is 9.59 Å². The van der Waals surface area contributed by atoms with Crippen LogP contribution in [0.15, 0.2) is 0 Å². The third-order valence-corrected chi connectivity index (χ3v) is 6.41. The Labute approximate surface area is 133 Å². The number of aliphatic hydroxyl groups is 1. The second-order valence-electron chi connectivity index (χ2n) is 8.01. The lowest BCUT2D eigenvalue weighted by Crippen LogP contribution is -2.39. The highest BCUT2D eigenvalue weighted by atomic mass is 16.4. The summed E-state index contributed by atoms with van der Waals surface area (Å²) in [5.74, 6) is 0.584. The molecule has 0 radical (unpaired) electrons. The molecule has 0 spiro atoms. The fourth-order valence-corrected chi connectivity index (χ4v) is 4.98. The number of carboxylic acid groups (broad SMARTS) is 1. The summed E-state index contributed by atoms with van der Waals surface area (Å²) in [6.45, 7) is 5.88. The summed E-state index contributed by atoms with van der Waals surface area (Å²) in [6.07, 6.45) is 6.98. The van der Waals surface area contributed by atoms with Gasteiger partial charge in [-0.15, -0.1) is 0 Å². The van der Waals surface area contributed by atoms with E-state index in [1.807, 2.05) is 0 Å². The number of carbonyl (C=O) groups is 2. The SMILES string of the molecule is C[C@H](CCC[C@](C)(O)C(=O)O)[C@H]1CCC2C(=O)CCC[C@]21C. The van der Waals surface area contributed by atoms with Crippen molar-refractivity contribution >= 4 is 11.8 Å². The van der Waals surface area contributed by atoms with Crippen LogP contribution in [0, 0.1) is 23.2 Å². The number of hydrogen-bond donors (Lipinski definition) is 2. The van der Waals surface area contributed by atoms with Crippen molar-refractivity contribution in [2.75, 3.05) is 0 Å². The van der Waals surface area contributed by atoms with E-state index in [-0.39, 0.29) is 11.3 Å². The van der Waals surface area contributed by atoms with Crippen LogP contribution in [-0.4, -0.2) is 27.6 Å². The Hall–Kier alpha value is -0.900. The van der Waals surface area contributed by atoms with E-state index in [0.29, 0.717) is 30.5 Å². The van der Waals surface area contributed by atoms with Crippen molar-refractivity contribution in [1.29, 1.82) is 0 Å². The van der Waals surface area contributed by atoms with E-state index in [2.05, 4.69) is 13.8 Å². The Kier molecular flexibility index (Phi) is 5.00. The molecule has 0 amide bonds. The minimum atomic E-state index is -1.62. The van der Waals surface area contributed by atoms with Gasteiger partial charge in [-0.25, -0.2) is 4.79 Å². The zero-order valence-electron chi connectivity index (χ0n) is 14.1. The molecule has 22 heavy (non-hydrogen) atoms. The summed E-state index contributed by atoms with van der Waals surface area (Å²) < 4.78 is 0. The van der Waals surface area contributed by atoms with Gasteiger partial charge in [-0.3, -0.25) is 4.79 Å². The van der Waals surface area contributed by atoms with E-state index in [4.69, 9.17) is 5.11 Å². The topological polar surface area (TPSA) is 74.6 Å². The van der Waals surface area contributed by atoms with Crippen molar-refractivity contribution in [2.24, 2.45) is 23.2 Å². The molecule has 5 atom stereocenters. The first-order valence-corrected chi connectivity index (χ1v) is 8.67. The Morgan fingerprint density at radius 1 is 1.45 bits per heavy atom. The highest BCUT2D eigenvalue weighted by Crippen LogP contribution is 2.57. The van der Waals surface area contributed by atoms with Gasteiger partial charge in [0.2, 0.25) is 0 Å². The molecule has 0 bridgehead atoms. The molecule has 126 valence electrons. The number of aliphatic carboxylic acids is 1. The van der Waals surface area contributed by atoms with Gasteiger partial charge in [0.1, 0.15) is 5.78 Å². The standard InChI is InChI=1S/C18H30O4/c1-12(6-4-11-18(3,22)16(20)21)13-8-9-14-15(19)7-5-10-17(13,14)2/h12-14,22H,4-11H2,1-3H3,(H,20,21)/t12-,13-,14?,17+,18+/m1/s1. The molecule has 0 heterocycles. The quantitative estimate of drug-likeness (QED) is 0.788. The first kappa shape index (κ1) is 17.5. The van der Waals surface area contributed by atoms with Crippen molar-refractivity contribution in [3.8, 4) is 0 Å². The highest BCUT2D eigenvalue weighted by Gasteiger charge is 2.52. The number of rotatable bonds is 6. The number of ketones is 1. The smallest absolute Gasteiger partial charge is 0.335 e. The second-order valence-corrected chi connectivity index (χ2v) is 8.01. The fourth-order valence-electron chi connectivity index (χ4n) is 4.98. The Bertz CT molecular complexity index is 442. The zero-order valence-corrected chi connectivity index (χ0v) is 14.1. The largest absolute Gasteiger partial charge is 0.479 e. The average molecular weight is 310 g/mol. The van der Waals surface area contributed by atoms with Gasteiger partial charge in [-0.1, -0.05) is 20.3 Å². The minimum Gasteiger partial charge on any atom is -0.479 e. The van der Waals surface area contributed by atoms with E-state index >= 15 is 0 Å². The van der Waals surface area contributed by atoms with Gasteiger partial charge in [-0.05, 0) is 62.7 Å². The van der Waals surface area contributed by atoms with Crippen LogP contribution < -0.4 is 0 Å². The van der Waals surface area contributed by atoms with Gasteiger partial charge in [0, 0.05) is 12.3 Å². The molecule has 2 aliphatic rings. The van der Waals surface area contributed by atoms with Crippen molar-refractivity contribution in [3.05, 3.63) is 0 Å². The van der Waals surface area contributed by atoms with Crippen LogP contribution in [0.3, 0.4) is 0 Å². The highest BCUT2D eigenvalue weighted by molar-refractivity contribution is 5.83. The van der Waals surface area contributed by atoms with E-state index in [0.717, 1.165) is 38.5 Å². The molecule has 0 aliphatic heterocycles. The number of carbonyl (C=O) groups excluding carboxylic acids is 1. The predicted molar refractivity (Wildman–Crippen MR) is 84.5 cm³/mol. The Balaban J connectivity index is 1.92. The monoisotopic (exact) mass is 310 g/mol. The molecule has 4 nitrogen and oxygen atoms in total. The summed E-state index contributed by atoms with van der Waals surface area (Å²) in [4.78, 5) is 23.1. The van der Waals surface area contributed by atoms with Gasteiger partial charge >= 0.3 is 5.97 Å². The van der Waals surface area contributed by atoms with E-state index < -0.39 is 11.6 Å². The third kappa shape index (κ3) is 3.22. The molecule has 2 rings (SSSR count). The molecule has 0 aromatic heterocycles. The summed E-state index contributed by atoms with van der Waals surface area (Å²) in [5, 5.41) is 18.8. The van der Waals surface area contributed by atoms with Crippen molar-refractivity contribution in [2.45, 2.75) is 77.7 Å². The first-order valence-electron chi connectivity index (χ1n) is 8.67. The maximum Gasteiger partial charge on any atom is 0.335 e. The van der Waals surface area contributed by atoms with Crippen molar-refractivity contribution < 1.29 is 19.8 Å². The van der Waals surface area contributed by atoms with Crippen LogP contribution in [0.4, 0.5) is 0 Å². The van der Waals surface area contributed by atoms with E-state index in [9.17, 15) is 14.7 Å². The molecule has 0 aromatic rings. The molecular formula is C18H30O4. The fraction of sp³-hybridized carbons (Fsp3) is 0.889. The number of fused-ring (bicyclic) bond motifs is 1. The first-order chi connectivity index (χ1) is 10.2. The lowest BCUT2D eigenvalue weighted by Gasteiger charge is -2.42. The molecular weight excluding hydrogens is 280 g/mol. The van der Waals surface area contributed by atoms with Gasteiger partial charge in [-0.2, -0.15) is 0 Å². The summed E-state index contributed by atoms with van der Waals surface area (Å²) in [5.41, 5.74) is -1.48. The zero-order chi connectivity index (χ0) is 16.5. The van der Waals surface area contributed by atoms with Crippen molar-refractivity contribution in [3.63, 3.8) is 0 Å². The summed E-state index contributed by atoms with van der Waals surface area (Å²) >= 11 is 0. The number of carboxylic acids is 1. The molecule has 2 N–H and O–H groups in total. The number of hydrogen-bond acceptors (Lipinski definition) is 3. The van der Waals surface area contributed by atoms with Crippen LogP contribution in [0.5, 0.6) is 0 Å². The Morgan fingerprint density at radius 2 is 2.14 bits per heavy atom. The van der Waals surface area contributed by atoms with Crippen LogP contribution in [0.1, 0.15) is 72.1 Å². The molecule has 0 aromatic carbocycles. The second kappa shape index (κ2) is 6.31. The van der Waals surface area contributed by atoms with Gasteiger partial charge < -0.3 is 10.2 Å². The van der Waals surface area contributed by atoms with Gasteiger partial charge in [0.15, 0.2) is 5.60 Å². The van der Waals surface area contributed by atoms with Gasteiger partial charge in [0.25, 0.3) is 0 Å². The van der Waals surface area contributed by atoms with Crippen LogP contribution in [0.25, 0.3) is 0 Å². The summed E-state index contributed by atoms with van der Waals surface area (Å²) in [7, 11) is 0. The third-order valence-electron chi connectivity index (χ3n) is 6.41. The van der Waals surface area contributed by atoms with Crippen molar-refractivity contribution in [1.82, 2.24) is 0 Å². The van der Waals surface area contributed by atoms with Crippen LogP contribution >= 0.6 is 0 Å². The maximum atomic E-state index is 12.2. The average Bonchev–Trinajstić information content (AvgIpc) is 2.76. The van der Waals surface area contributed by atoms with E-state index in [1.54, 1.807) is 0 Å². The normalized spacial score (nSPS) is 35.7. The molecule has 1 unspecified atom stereocenters. The van der Waals surface area contributed by atoms with Crippen LogP contribution in [0.2, 0.25) is 0 Å². The maximum absolute atomic E-state index is 12.2.